The molecule has 3 aromatic rings. The maximum Gasteiger partial charge on any atom is 0.257 e. The van der Waals surface area contributed by atoms with Crippen molar-refractivity contribution in [3.63, 3.8) is 0 Å². The predicted octanol–water partition coefficient (Wildman–Crippen LogP) is 3.11. The Bertz CT molecular complexity index is 1040. The average molecular weight is 462 g/mol. The highest BCUT2D eigenvalue weighted by atomic mass is 79.9. The molecule has 2 aromatic heterocycles. The zero-order valence-electron chi connectivity index (χ0n) is 15.2. The molecule has 0 unspecified atom stereocenters. The summed E-state index contributed by atoms with van der Waals surface area (Å²) in [6.45, 7) is 4.44. The first-order valence-electron chi connectivity index (χ1n) is 9.07. The van der Waals surface area contributed by atoms with Gasteiger partial charge in [0.15, 0.2) is 0 Å². The number of nitrogens with one attached hydrogen (secondary N) is 2. The van der Waals surface area contributed by atoms with Crippen molar-refractivity contribution in [3.8, 4) is 0 Å². The molecule has 1 amide bonds. The highest BCUT2D eigenvalue weighted by molar-refractivity contribution is 9.10. The van der Waals surface area contributed by atoms with Gasteiger partial charge in [-0.15, -0.1) is 11.3 Å². The molecule has 1 aliphatic rings. The number of nitrogens with zero attached hydrogens (tertiary/aromatic N) is 1. The van der Waals surface area contributed by atoms with Crippen molar-refractivity contribution in [2.24, 2.45) is 0 Å². The van der Waals surface area contributed by atoms with Crippen molar-refractivity contribution in [3.05, 3.63) is 67.2 Å². The third-order valence-electron chi connectivity index (χ3n) is 4.71. The molecule has 6 nitrogen and oxygen atoms in total. The van der Waals surface area contributed by atoms with Gasteiger partial charge in [-0.1, -0.05) is 28.1 Å². The van der Waals surface area contributed by atoms with Crippen molar-refractivity contribution < 1.29 is 9.53 Å². The molecule has 1 aromatic carbocycles. The number of rotatable bonds is 5. The van der Waals surface area contributed by atoms with Gasteiger partial charge < -0.3 is 15.0 Å². The number of ether oxygens (including phenoxy) is 1. The Labute approximate surface area is 174 Å². The lowest BCUT2D eigenvalue weighted by Gasteiger charge is -2.25. The summed E-state index contributed by atoms with van der Waals surface area (Å²) in [4.78, 5) is 32.7. The van der Waals surface area contributed by atoms with Crippen LogP contribution in [0.2, 0.25) is 0 Å². The molecule has 146 valence electrons. The monoisotopic (exact) mass is 461 g/mol. The van der Waals surface area contributed by atoms with Crippen molar-refractivity contribution in [1.82, 2.24) is 15.2 Å². The minimum Gasteiger partial charge on any atom is -0.379 e. The van der Waals surface area contributed by atoms with Crippen LogP contribution in [0, 0.1) is 0 Å². The second kappa shape index (κ2) is 8.57. The van der Waals surface area contributed by atoms with Crippen LogP contribution >= 0.6 is 27.3 Å². The Morgan fingerprint density at radius 1 is 1.25 bits per heavy atom. The highest BCUT2D eigenvalue weighted by Gasteiger charge is 2.17. The van der Waals surface area contributed by atoms with Crippen molar-refractivity contribution in [2.45, 2.75) is 13.1 Å². The molecule has 0 bridgehead atoms. The van der Waals surface area contributed by atoms with Crippen LogP contribution in [0.4, 0.5) is 0 Å². The van der Waals surface area contributed by atoms with Gasteiger partial charge in [0.25, 0.3) is 5.91 Å². The standard InChI is InChI=1S/C20H20BrN3O3S/c21-14-3-1-13(2-4-14)10-22-19(26)17-11-23-20-16(18(17)25)9-15(28-20)12-24-5-7-27-8-6-24/h1-4,9,11H,5-8,10,12H2,(H,22,26)(H,23,25). The number of amides is 1. The lowest BCUT2D eigenvalue weighted by molar-refractivity contribution is 0.0346. The van der Waals surface area contributed by atoms with Gasteiger partial charge in [-0.05, 0) is 23.8 Å². The molecule has 0 saturated carbocycles. The molecule has 0 radical (unpaired) electrons. The molecule has 0 aliphatic carbocycles. The van der Waals surface area contributed by atoms with Crippen LogP contribution in [0.25, 0.3) is 10.2 Å². The van der Waals surface area contributed by atoms with E-state index in [1.54, 1.807) is 11.3 Å². The zero-order chi connectivity index (χ0) is 19.5. The molecule has 28 heavy (non-hydrogen) atoms. The van der Waals surface area contributed by atoms with Crippen LogP contribution in [-0.4, -0.2) is 42.1 Å². The summed E-state index contributed by atoms with van der Waals surface area (Å²) < 4.78 is 6.36. The zero-order valence-corrected chi connectivity index (χ0v) is 17.6. The number of hydrogen-bond donors (Lipinski definition) is 2. The van der Waals surface area contributed by atoms with Crippen LogP contribution in [0.1, 0.15) is 20.8 Å². The van der Waals surface area contributed by atoms with E-state index < -0.39 is 0 Å². The van der Waals surface area contributed by atoms with Gasteiger partial charge in [-0.3, -0.25) is 14.5 Å². The molecular weight excluding hydrogens is 442 g/mol. The molecule has 1 aliphatic heterocycles. The Morgan fingerprint density at radius 3 is 2.75 bits per heavy atom. The van der Waals surface area contributed by atoms with Crippen LogP contribution in [0.3, 0.4) is 0 Å². The molecule has 8 heteroatoms. The van der Waals surface area contributed by atoms with Gasteiger partial charge in [0.05, 0.1) is 18.6 Å². The first-order chi connectivity index (χ1) is 13.6. The third kappa shape index (κ3) is 4.35. The van der Waals surface area contributed by atoms with Gasteiger partial charge in [-0.25, -0.2) is 0 Å². The molecular formula is C20H20BrN3O3S. The number of hydrogen-bond acceptors (Lipinski definition) is 5. The van der Waals surface area contributed by atoms with Gasteiger partial charge in [0.1, 0.15) is 10.4 Å². The quantitative estimate of drug-likeness (QED) is 0.611. The summed E-state index contributed by atoms with van der Waals surface area (Å²) >= 11 is 4.95. The van der Waals surface area contributed by atoms with E-state index in [0.29, 0.717) is 11.9 Å². The number of halogens is 1. The van der Waals surface area contributed by atoms with E-state index in [9.17, 15) is 9.59 Å². The number of aromatic nitrogens is 1. The molecule has 1 fully saturated rings. The Kier molecular flexibility index (Phi) is 5.91. The van der Waals surface area contributed by atoms with Gasteiger partial charge in [0, 0.05) is 41.7 Å². The highest BCUT2D eigenvalue weighted by Crippen LogP contribution is 2.23. The molecule has 4 rings (SSSR count). The third-order valence-corrected chi connectivity index (χ3v) is 6.29. The normalized spacial score (nSPS) is 15.0. The van der Waals surface area contributed by atoms with Crippen molar-refractivity contribution in [1.29, 1.82) is 0 Å². The van der Waals surface area contributed by atoms with Crippen LogP contribution in [0.15, 0.2) is 45.8 Å². The van der Waals surface area contributed by atoms with Gasteiger partial charge in [0.2, 0.25) is 5.43 Å². The minimum atomic E-state index is -0.369. The number of carbonyl (C=O) groups excluding carboxylic acids is 1. The summed E-state index contributed by atoms with van der Waals surface area (Å²) in [5, 5.41) is 3.39. The summed E-state index contributed by atoms with van der Waals surface area (Å²) in [6.07, 6.45) is 1.51. The fraction of sp³-hybridized carbons (Fsp3) is 0.300. The van der Waals surface area contributed by atoms with E-state index in [4.69, 9.17) is 4.74 Å². The SMILES string of the molecule is O=C(NCc1ccc(Br)cc1)c1c[nH]c2sc(CN3CCOCC3)cc2c1=O. The molecule has 2 N–H and O–H groups in total. The van der Waals surface area contributed by atoms with Crippen molar-refractivity contribution in [2.75, 3.05) is 26.3 Å². The number of H-pyrrole nitrogens is 1. The van der Waals surface area contributed by atoms with Crippen LogP contribution in [0.5, 0.6) is 0 Å². The molecule has 3 heterocycles. The summed E-state index contributed by atoms with van der Waals surface area (Å²) in [5.74, 6) is -0.369. The van der Waals surface area contributed by atoms with Crippen LogP contribution < -0.4 is 10.7 Å². The summed E-state index contributed by atoms with van der Waals surface area (Å²) in [7, 11) is 0. The van der Waals surface area contributed by atoms with E-state index in [0.717, 1.165) is 52.6 Å². The number of carbonyl (C=O) groups is 1. The predicted molar refractivity (Wildman–Crippen MR) is 114 cm³/mol. The fourth-order valence-electron chi connectivity index (χ4n) is 3.17. The number of fused-ring (bicyclic) bond motifs is 1. The van der Waals surface area contributed by atoms with E-state index in [1.165, 1.54) is 6.20 Å². The second-order valence-corrected chi connectivity index (χ2v) is 8.74. The first-order valence-corrected chi connectivity index (χ1v) is 10.7. The smallest absolute Gasteiger partial charge is 0.257 e. The number of benzene rings is 1. The number of morpholine rings is 1. The van der Waals surface area contributed by atoms with Crippen LogP contribution in [-0.2, 0) is 17.8 Å². The Morgan fingerprint density at radius 2 is 2.00 bits per heavy atom. The maximum absolute atomic E-state index is 12.8. The lowest BCUT2D eigenvalue weighted by Crippen LogP contribution is -2.35. The van der Waals surface area contributed by atoms with Crippen molar-refractivity contribution >= 4 is 43.4 Å². The second-order valence-electron chi connectivity index (χ2n) is 6.68. The number of thiophene rings is 1. The fourth-order valence-corrected chi connectivity index (χ4v) is 4.50. The van der Waals surface area contributed by atoms with Gasteiger partial charge >= 0.3 is 0 Å². The van der Waals surface area contributed by atoms with E-state index in [2.05, 4.69) is 31.1 Å². The molecule has 0 spiro atoms. The minimum absolute atomic E-state index is 0.139. The number of pyridine rings is 1. The number of aromatic amines is 1. The maximum atomic E-state index is 12.8. The molecule has 1 saturated heterocycles. The average Bonchev–Trinajstić information content (AvgIpc) is 3.12. The van der Waals surface area contributed by atoms with E-state index in [1.807, 2.05) is 30.3 Å². The Balaban J connectivity index is 1.49. The summed E-state index contributed by atoms with van der Waals surface area (Å²) in [5.41, 5.74) is 0.879. The van der Waals surface area contributed by atoms with E-state index in [-0.39, 0.29) is 16.9 Å². The lowest BCUT2D eigenvalue weighted by atomic mass is 10.2. The van der Waals surface area contributed by atoms with E-state index >= 15 is 0 Å². The van der Waals surface area contributed by atoms with Gasteiger partial charge in [-0.2, -0.15) is 0 Å². The first kappa shape index (κ1) is 19.3. The molecule has 0 atom stereocenters. The topological polar surface area (TPSA) is 74.4 Å². The Hall–Kier alpha value is -2.00. The summed E-state index contributed by atoms with van der Waals surface area (Å²) in [6, 6.07) is 9.59. The largest absolute Gasteiger partial charge is 0.379 e.